The second kappa shape index (κ2) is 7.65. The van der Waals surface area contributed by atoms with Crippen LogP contribution in [0, 0.1) is 0 Å². The highest BCUT2D eigenvalue weighted by atomic mass is 16.5. The molecule has 1 aromatic heterocycles. The summed E-state index contributed by atoms with van der Waals surface area (Å²) in [6.45, 7) is 3.01. The zero-order chi connectivity index (χ0) is 21.5. The number of fused-ring (bicyclic) bond motifs is 3. The Morgan fingerprint density at radius 1 is 0.968 bits per heavy atom. The first-order chi connectivity index (χ1) is 15.1. The summed E-state index contributed by atoms with van der Waals surface area (Å²) >= 11 is 0. The van der Waals surface area contributed by atoms with E-state index in [0.29, 0.717) is 36.7 Å². The van der Waals surface area contributed by atoms with Crippen LogP contribution in [0.15, 0.2) is 42.5 Å². The van der Waals surface area contributed by atoms with E-state index in [4.69, 9.17) is 9.47 Å². The molecule has 2 heterocycles. The van der Waals surface area contributed by atoms with Crippen LogP contribution < -0.4 is 14.4 Å². The number of para-hydroxylation sites is 1. The number of carbonyl (C=O) groups is 1. The van der Waals surface area contributed by atoms with Crippen LogP contribution in [0.3, 0.4) is 0 Å². The van der Waals surface area contributed by atoms with Crippen LogP contribution in [-0.4, -0.2) is 61.0 Å². The van der Waals surface area contributed by atoms with Crippen molar-refractivity contribution < 1.29 is 14.3 Å². The van der Waals surface area contributed by atoms with Gasteiger partial charge in [0.05, 0.1) is 19.9 Å². The van der Waals surface area contributed by atoms with Crippen molar-refractivity contribution in [1.82, 2.24) is 14.7 Å². The van der Waals surface area contributed by atoms with Crippen LogP contribution in [0.5, 0.6) is 11.5 Å². The van der Waals surface area contributed by atoms with Crippen molar-refractivity contribution in [2.45, 2.75) is 6.42 Å². The molecule has 2 aromatic carbocycles. The molecule has 0 N–H and O–H groups in total. The second-order valence-electron chi connectivity index (χ2n) is 7.96. The number of nitrogens with zero attached hydrogens (tertiary/aromatic N) is 4. The number of amides is 1. The molecule has 1 saturated heterocycles. The standard InChI is InChI=1S/C24H26N4O3/c1-26-23-18-15-21(31-3)20(30-2)14-16(18)13-19(23)22(25-26)24(29)28-11-9-27(10-12-28)17-7-5-4-6-8-17/h4-8,14-15H,9-13H2,1-3H3. The Hall–Kier alpha value is -3.48. The SMILES string of the molecule is COc1cc2c(cc1OC)-c1c(c(C(=O)N3CCN(c4ccccc4)CC3)nn1C)C2. The summed E-state index contributed by atoms with van der Waals surface area (Å²) in [6.07, 6.45) is 0.671. The number of carbonyl (C=O) groups excluding carboxylic acids is 1. The van der Waals surface area contributed by atoms with E-state index < -0.39 is 0 Å². The van der Waals surface area contributed by atoms with Crippen LogP contribution in [0.1, 0.15) is 21.6 Å². The minimum Gasteiger partial charge on any atom is -0.493 e. The zero-order valence-electron chi connectivity index (χ0n) is 18.1. The van der Waals surface area contributed by atoms with Crippen molar-refractivity contribution in [2.24, 2.45) is 7.05 Å². The fourth-order valence-electron chi connectivity index (χ4n) is 4.68. The van der Waals surface area contributed by atoms with Crippen molar-refractivity contribution in [2.75, 3.05) is 45.3 Å². The van der Waals surface area contributed by atoms with E-state index in [2.05, 4.69) is 22.1 Å². The summed E-state index contributed by atoms with van der Waals surface area (Å²) in [5.41, 5.74) is 5.91. The molecule has 0 radical (unpaired) electrons. The summed E-state index contributed by atoms with van der Waals surface area (Å²) in [5, 5.41) is 4.62. The largest absolute Gasteiger partial charge is 0.493 e. The topological polar surface area (TPSA) is 59.8 Å². The number of benzene rings is 2. The molecule has 7 nitrogen and oxygen atoms in total. The Balaban J connectivity index is 1.39. The van der Waals surface area contributed by atoms with Crippen LogP contribution in [0.25, 0.3) is 11.3 Å². The van der Waals surface area contributed by atoms with E-state index in [1.165, 1.54) is 5.69 Å². The average Bonchev–Trinajstić information content (AvgIpc) is 3.35. The number of hydrogen-bond donors (Lipinski definition) is 0. The van der Waals surface area contributed by atoms with Crippen molar-refractivity contribution in [3.05, 3.63) is 59.3 Å². The molecule has 1 amide bonds. The number of methoxy groups -OCH3 is 2. The molecule has 7 heteroatoms. The fraction of sp³-hybridized carbons (Fsp3) is 0.333. The van der Waals surface area contributed by atoms with Crippen molar-refractivity contribution in [1.29, 1.82) is 0 Å². The van der Waals surface area contributed by atoms with E-state index in [9.17, 15) is 4.79 Å². The van der Waals surface area contributed by atoms with Gasteiger partial charge in [0.2, 0.25) is 0 Å². The third-order valence-corrected chi connectivity index (χ3v) is 6.27. The van der Waals surface area contributed by atoms with Gasteiger partial charge >= 0.3 is 0 Å². The maximum Gasteiger partial charge on any atom is 0.274 e. The van der Waals surface area contributed by atoms with Gasteiger partial charge in [-0.1, -0.05) is 18.2 Å². The Morgan fingerprint density at radius 2 is 1.65 bits per heavy atom. The number of rotatable bonds is 4. The smallest absolute Gasteiger partial charge is 0.274 e. The molecule has 0 atom stereocenters. The quantitative estimate of drug-likeness (QED) is 0.510. The van der Waals surface area contributed by atoms with Gasteiger partial charge in [-0.15, -0.1) is 0 Å². The molecule has 2 aliphatic rings. The maximum absolute atomic E-state index is 13.4. The third kappa shape index (κ3) is 3.21. The lowest BCUT2D eigenvalue weighted by Gasteiger charge is -2.35. The lowest BCUT2D eigenvalue weighted by molar-refractivity contribution is 0.0739. The highest BCUT2D eigenvalue weighted by Gasteiger charge is 2.33. The second-order valence-corrected chi connectivity index (χ2v) is 7.96. The minimum atomic E-state index is 0.0105. The number of ether oxygens (including phenoxy) is 2. The van der Waals surface area contributed by atoms with Gasteiger partial charge in [0, 0.05) is 56.5 Å². The van der Waals surface area contributed by atoms with Gasteiger partial charge in [-0.25, -0.2) is 0 Å². The molecule has 160 valence electrons. The first-order valence-corrected chi connectivity index (χ1v) is 10.5. The summed E-state index contributed by atoms with van der Waals surface area (Å²) in [4.78, 5) is 17.6. The molecule has 1 aliphatic heterocycles. The summed E-state index contributed by atoms with van der Waals surface area (Å²) in [5.74, 6) is 1.39. The molecular weight excluding hydrogens is 392 g/mol. The van der Waals surface area contributed by atoms with E-state index in [0.717, 1.165) is 35.5 Å². The van der Waals surface area contributed by atoms with Crippen molar-refractivity contribution >= 4 is 11.6 Å². The number of hydrogen-bond acceptors (Lipinski definition) is 5. The van der Waals surface area contributed by atoms with E-state index >= 15 is 0 Å². The number of piperazine rings is 1. The van der Waals surface area contributed by atoms with E-state index in [-0.39, 0.29) is 5.91 Å². The zero-order valence-corrected chi connectivity index (χ0v) is 18.1. The molecule has 0 unspecified atom stereocenters. The first kappa shape index (κ1) is 19.5. The molecule has 0 spiro atoms. The maximum atomic E-state index is 13.4. The Morgan fingerprint density at radius 3 is 2.32 bits per heavy atom. The molecule has 5 rings (SSSR count). The van der Waals surface area contributed by atoms with Gasteiger partial charge in [-0.2, -0.15) is 5.10 Å². The van der Waals surface area contributed by atoms with Gasteiger partial charge < -0.3 is 19.3 Å². The lowest BCUT2D eigenvalue weighted by atomic mass is 10.1. The number of anilines is 1. The molecular formula is C24H26N4O3. The van der Waals surface area contributed by atoms with Crippen molar-refractivity contribution in [3.63, 3.8) is 0 Å². The predicted octanol–water partition coefficient (Wildman–Crippen LogP) is 2.97. The number of aromatic nitrogens is 2. The van der Waals surface area contributed by atoms with Gasteiger partial charge in [-0.05, 0) is 29.8 Å². The summed E-state index contributed by atoms with van der Waals surface area (Å²) in [7, 11) is 5.17. The summed E-state index contributed by atoms with van der Waals surface area (Å²) < 4.78 is 12.8. The van der Waals surface area contributed by atoms with Crippen LogP contribution in [-0.2, 0) is 13.5 Å². The van der Waals surface area contributed by atoms with Gasteiger partial charge in [0.15, 0.2) is 17.2 Å². The van der Waals surface area contributed by atoms with Crippen LogP contribution >= 0.6 is 0 Å². The average molecular weight is 418 g/mol. The monoisotopic (exact) mass is 418 g/mol. The highest BCUT2D eigenvalue weighted by molar-refractivity contribution is 5.97. The highest BCUT2D eigenvalue weighted by Crippen LogP contribution is 2.43. The Bertz CT molecular complexity index is 1130. The molecule has 1 aliphatic carbocycles. The van der Waals surface area contributed by atoms with Crippen LogP contribution in [0.2, 0.25) is 0 Å². The van der Waals surface area contributed by atoms with E-state index in [1.54, 1.807) is 14.2 Å². The minimum absolute atomic E-state index is 0.0105. The van der Waals surface area contributed by atoms with Crippen LogP contribution in [0.4, 0.5) is 5.69 Å². The molecule has 0 bridgehead atoms. The third-order valence-electron chi connectivity index (χ3n) is 6.27. The Kier molecular flexibility index (Phi) is 4.81. The van der Waals surface area contributed by atoms with Gasteiger partial charge in [-0.3, -0.25) is 9.48 Å². The molecule has 1 fully saturated rings. The summed E-state index contributed by atoms with van der Waals surface area (Å²) in [6, 6.07) is 14.3. The molecule has 0 saturated carbocycles. The predicted molar refractivity (Wildman–Crippen MR) is 119 cm³/mol. The fourth-order valence-corrected chi connectivity index (χ4v) is 4.68. The van der Waals surface area contributed by atoms with Crippen molar-refractivity contribution in [3.8, 4) is 22.8 Å². The molecule has 3 aromatic rings. The normalized spacial score (nSPS) is 14.9. The lowest BCUT2D eigenvalue weighted by Crippen LogP contribution is -2.49. The molecule has 31 heavy (non-hydrogen) atoms. The number of aryl methyl sites for hydroxylation is 1. The van der Waals surface area contributed by atoms with E-state index in [1.807, 2.05) is 47.0 Å². The van der Waals surface area contributed by atoms with Gasteiger partial charge in [0.1, 0.15) is 0 Å². The Labute approximate surface area is 181 Å². The van der Waals surface area contributed by atoms with Gasteiger partial charge in [0.25, 0.3) is 5.91 Å². The first-order valence-electron chi connectivity index (χ1n) is 10.5.